The molecule has 2 aromatic rings. The Labute approximate surface area is 138 Å². The van der Waals surface area contributed by atoms with Crippen LogP contribution in [0.5, 0.6) is 0 Å². The molecule has 2 atom stereocenters. The van der Waals surface area contributed by atoms with Crippen LogP contribution in [0.3, 0.4) is 0 Å². The van der Waals surface area contributed by atoms with E-state index in [9.17, 15) is 9.70 Å². The average Bonchev–Trinajstić information content (AvgIpc) is 3.02. The highest BCUT2D eigenvalue weighted by atomic mass is 16.3. The molecule has 2 fully saturated rings. The van der Waals surface area contributed by atoms with E-state index in [4.69, 9.17) is 0 Å². The molecule has 2 aromatic heterocycles. The highest BCUT2D eigenvalue weighted by molar-refractivity contribution is 5.95. The molecule has 0 saturated heterocycles. The zero-order valence-electron chi connectivity index (χ0n) is 13.6. The largest absolute Gasteiger partial charge is 0.345 e. The number of hydrogen-bond acceptors (Lipinski definition) is 3. The van der Waals surface area contributed by atoms with Crippen LogP contribution in [0.15, 0.2) is 18.6 Å². The molecule has 124 valence electrons. The average molecular weight is 326 g/mol. The van der Waals surface area contributed by atoms with E-state index >= 15 is 0 Å². The molecule has 2 unspecified atom stereocenters. The molecule has 0 aliphatic heterocycles. The minimum atomic E-state index is -0.0911. The molecule has 7 nitrogen and oxygen atoms in total. The molecule has 24 heavy (non-hydrogen) atoms. The summed E-state index contributed by atoms with van der Waals surface area (Å²) in [5.74, 6) is 1.63. The summed E-state index contributed by atoms with van der Waals surface area (Å²) >= 11 is 0. The zero-order valence-corrected chi connectivity index (χ0v) is 13.6. The fraction of sp³-hybridized carbons (Fsp3) is 0.529. The fourth-order valence-electron chi connectivity index (χ4n) is 4.16. The van der Waals surface area contributed by atoms with Gasteiger partial charge in [-0.25, -0.2) is 4.68 Å². The van der Waals surface area contributed by atoms with E-state index in [1.54, 1.807) is 10.9 Å². The number of aromatic amines is 1. The Kier molecular flexibility index (Phi) is 2.65. The summed E-state index contributed by atoms with van der Waals surface area (Å²) in [6.07, 6.45) is 9.73. The van der Waals surface area contributed by atoms with Gasteiger partial charge in [-0.2, -0.15) is 5.10 Å². The van der Waals surface area contributed by atoms with Gasteiger partial charge in [0.25, 0.3) is 12.1 Å². The van der Waals surface area contributed by atoms with Crippen molar-refractivity contribution in [2.75, 3.05) is 0 Å². The molecule has 3 aliphatic carbocycles. The molecule has 0 radical (unpaired) electrons. The van der Waals surface area contributed by atoms with E-state index in [0.29, 0.717) is 23.3 Å². The van der Waals surface area contributed by atoms with Gasteiger partial charge in [0, 0.05) is 21.9 Å². The van der Waals surface area contributed by atoms with Crippen molar-refractivity contribution in [2.45, 2.75) is 50.5 Å². The van der Waals surface area contributed by atoms with Crippen LogP contribution in [-0.4, -0.2) is 26.2 Å². The third-order valence-corrected chi connectivity index (χ3v) is 5.78. The van der Waals surface area contributed by atoms with Crippen LogP contribution in [0.1, 0.15) is 60.3 Å². The third-order valence-electron chi connectivity index (χ3n) is 5.78. The van der Waals surface area contributed by atoms with E-state index in [2.05, 4.69) is 22.3 Å². The lowest BCUT2D eigenvalue weighted by Gasteiger charge is -2.38. The fourth-order valence-corrected chi connectivity index (χ4v) is 4.16. The van der Waals surface area contributed by atoms with Gasteiger partial charge < -0.3 is 10.3 Å². The Hall–Kier alpha value is -2.44. The molecule has 1 amide bonds. The number of carbonyl (C=O) groups is 1. The Bertz CT molecular complexity index is 908. The summed E-state index contributed by atoms with van der Waals surface area (Å²) in [4.78, 5) is 27.5. The van der Waals surface area contributed by atoms with Crippen molar-refractivity contribution in [2.24, 2.45) is 5.92 Å². The van der Waals surface area contributed by atoms with Crippen LogP contribution >= 0.6 is 0 Å². The molecule has 5 rings (SSSR count). The van der Waals surface area contributed by atoms with E-state index in [-0.39, 0.29) is 11.4 Å². The molecule has 3 aliphatic rings. The lowest BCUT2D eigenvalue weighted by Crippen LogP contribution is -2.51. The summed E-state index contributed by atoms with van der Waals surface area (Å²) in [6.45, 7) is 2.09. The van der Waals surface area contributed by atoms with Crippen molar-refractivity contribution in [3.63, 3.8) is 0 Å². The van der Waals surface area contributed by atoms with Gasteiger partial charge in [-0.1, -0.05) is 0 Å². The van der Waals surface area contributed by atoms with Gasteiger partial charge >= 0.3 is 0 Å². The predicted octanol–water partition coefficient (Wildman–Crippen LogP) is 1.45. The topological polar surface area (TPSA) is 85.7 Å². The lowest BCUT2D eigenvalue weighted by atomic mass is 9.78. The number of amides is 1. The van der Waals surface area contributed by atoms with Gasteiger partial charge in [0.05, 0.1) is 16.3 Å². The van der Waals surface area contributed by atoms with E-state index in [1.165, 1.54) is 12.4 Å². The SMILES string of the molecule is CC1(NC(=O)c2nn(-c3c[n+](=O)cc[nH]3)c3c2CC2CC32)CCC1. The summed E-state index contributed by atoms with van der Waals surface area (Å²) < 4.78 is 2.51. The molecule has 2 heterocycles. The highest BCUT2D eigenvalue weighted by Gasteiger charge is 2.50. The van der Waals surface area contributed by atoms with Crippen molar-refractivity contribution >= 4 is 5.91 Å². The van der Waals surface area contributed by atoms with Gasteiger partial charge in [-0.05, 0) is 44.9 Å². The molecule has 7 heteroatoms. The molecule has 2 saturated carbocycles. The summed E-state index contributed by atoms with van der Waals surface area (Å²) in [5, 5.41) is 7.74. The smallest absolute Gasteiger partial charge is 0.272 e. The number of nitrogens with zero attached hydrogens (tertiary/aromatic N) is 3. The number of carbonyl (C=O) groups excluding carboxylic acids is 1. The first kappa shape index (κ1) is 13.9. The maximum atomic E-state index is 12.8. The maximum Gasteiger partial charge on any atom is 0.272 e. The van der Waals surface area contributed by atoms with Crippen LogP contribution < -0.4 is 9.74 Å². The first-order valence-corrected chi connectivity index (χ1v) is 8.59. The summed E-state index contributed by atoms with van der Waals surface area (Å²) in [7, 11) is 0. The van der Waals surface area contributed by atoms with E-state index < -0.39 is 0 Å². The lowest BCUT2D eigenvalue weighted by molar-refractivity contribution is -0.495. The van der Waals surface area contributed by atoms with Crippen LogP contribution in [0.4, 0.5) is 0 Å². The number of hydrogen-bond donors (Lipinski definition) is 2. The molecule has 0 bridgehead atoms. The van der Waals surface area contributed by atoms with Crippen molar-refractivity contribution in [1.29, 1.82) is 0 Å². The first-order valence-electron chi connectivity index (χ1n) is 8.59. The Balaban J connectivity index is 1.57. The van der Waals surface area contributed by atoms with Crippen molar-refractivity contribution in [3.05, 3.63) is 40.4 Å². The van der Waals surface area contributed by atoms with Crippen LogP contribution in [-0.2, 0) is 6.42 Å². The Morgan fingerprint density at radius 2 is 2.33 bits per heavy atom. The number of aromatic nitrogens is 4. The standard InChI is InChI=1S/C17H19N5O2/c1-17(3-2-4-17)19-16(23)14-12-8-10-7-11(10)15(12)22(20-14)13-9-21(24)6-5-18-13/h5-6,9-11H,2-4,7-8H2,1H3,(H-,18,19,23,24)/p+1. The molecular formula is C17H20N5O2+. The second kappa shape index (κ2) is 4.55. The maximum absolute atomic E-state index is 12.8. The first-order chi connectivity index (χ1) is 11.5. The second-order valence-corrected chi connectivity index (χ2v) is 7.63. The second-order valence-electron chi connectivity index (χ2n) is 7.63. The van der Waals surface area contributed by atoms with E-state index in [0.717, 1.165) is 47.8 Å². The number of rotatable bonds is 3. The van der Waals surface area contributed by atoms with Gasteiger partial charge in [-0.15, -0.1) is 0 Å². The van der Waals surface area contributed by atoms with Gasteiger partial charge in [0.1, 0.15) is 0 Å². The highest BCUT2D eigenvalue weighted by Crippen LogP contribution is 2.57. The summed E-state index contributed by atoms with van der Waals surface area (Å²) in [6, 6.07) is 0. The molecule has 0 spiro atoms. The molecule has 0 aromatic carbocycles. The van der Waals surface area contributed by atoms with Crippen LogP contribution in [0.2, 0.25) is 0 Å². The predicted molar refractivity (Wildman–Crippen MR) is 85.6 cm³/mol. The normalized spacial score (nSPS) is 25.5. The Morgan fingerprint density at radius 3 is 3.04 bits per heavy atom. The quantitative estimate of drug-likeness (QED) is 0.837. The van der Waals surface area contributed by atoms with Crippen LogP contribution in [0, 0.1) is 10.8 Å². The van der Waals surface area contributed by atoms with Gasteiger partial charge in [0.15, 0.2) is 5.69 Å². The number of fused-ring (bicyclic) bond motifs is 3. The molecule has 2 N–H and O–H groups in total. The van der Waals surface area contributed by atoms with Crippen molar-refractivity contribution in [1.82, 2.24) is 20.1 Å². The number of nitrogens with one attached hydrogen (secondary N) is 2. The van der Waals surface area contributed by atoms with Crippen LogP contribution in [0.25, 0.3) is 5.82 Å². The van der Waals surface area contributed by atoms with Gasteiger partial charge in [0.2, 0.25) is 12.0 Å². The minimum Gasteiger partial charge on any atom is -0.345 e. The monoisotopic (exact) mass is 326 g/mol. The minimum absolute atomic E-state index is 0.0839. The summed E-state index contributed by atoms with van der Waals surface area (Å²) in [5.41, 5.74) is 2.60. The molecular weight excluding hydrogens is 306 g/mol. The van der Waals surface area contributed by atoms with E-state index in [1.807, 2.05) is 0 Å². The zero-order chi connectivity index (χ0) is 16.5. The van der Waals surface area contributed by atoms with Gasteiger partial charge in [-0.3, -0.25) is 4.79 Å². The Morgan fingerprint density at radius 1 is 1.50 bits per heavy atom. The van der Waals surface area contributed by atoms with Crippen molar-refractivity contribution < 1.29 is 9.22 Å². The van der Waals surface area contributed by atoms with Crippen molar-refractivity contribution in [3.8, 4) is 5.82 Å². The number of H-pyrrole nitrogens is 1. The third kappa shape index (κ3) is 1.96.